The van der Waals surface area contributed by atoms with Gasteiger partial charge in [0.2, 0.25) is 5.88 Å². The average molecular weight is 266 g/mol. The lowest BCUT2D eigenvalue weighted by Crippen LogP contribution is -2.01. The number of H-pyrrole nitrogens is 1. The van der Waals surface area contributed by atoms with Crippen molar-refractivity contribution < 1.29 is 4.74 Å². The molecule has 20 heavy (non-hydrogen) atoms. The van der Waals surface area contributed by atoms with E-state index in [0.29, 0.717) is 5.88 Å². The maximum absolute atomic E-state index is 5.97. The molecule has 4 rings (SSSR count). The van der Waals surface area contributed by atoms with E-state index in [0.717, 1.165) is 46.8 Å². The maximum atomic E-state index is 5.97. The fourth-order valence-corrected chi connectivity index (χ4v) is 2.55. The topological polar surface area (TPSA) is 62.8 Å². The van der Waals surface area contributed by atoms with E-state index in [1.807, 2.05) is 37.4 Å². The lowest BCUT2D eigenvalue weighted by atomic mass is 10.2. The summed E-state index contributed by atoms with van der Waals surface area (Å²) in [7, 11) is 0. The quantitative estimate of drug-likeness (QED) is 0.748. The fraction of sp³-hybridized carbons (Fsp3) is 0.200. The number of rotatable bonds is 2. The zero-order chi connectivity index (χ0) is 13.5. The van der Waals surface area contributed by atoms with Gasteiger partial charge in [-0.05, 0) is 31.2 Å². The van der Waals surface area contributed by atoms with Crippen LogP contribution in [0.25, 0.3) is 10.9 Å². The lowest BCUT2D eigenvalue weighted by molar-refractivity contribution is 0.453. The summed E-state index contributed by atoms with van der Waals surface area (Å²) >= 11 is 0. The summed E-state index contributed by atoms with van der Waals surface area (Å²) in [5, 5.41) is 4.41. The van der Waals surface area contributed by atoms with Crippen LogP contribution in [0.4, 0.5) is 0 Å². The molecule has 3 aromatic rings. The average Bonchev–Trinajstić information content (AvgIpc) is 3.05. The zero-order valence-corrected chi connectivity index (χ0v) is 11.1. The first-order valence-corrected chi connectivity index (χ1v) is 6.62. The smallest absolute Gasteiger partial charge is 0.227 e. The third-order valence-corrected chi connectivity index (χ3v) is 3.50. The molecule has 1 aliphatic heterocycles. The van der Waals surface area contributed by atoms with Gasteiger partial charge in [0.05, 0.1) is 11.3 Å². The molecule has 0 saturated heterocycles. The second-order valence-electron chi connectivity index (χ2n) is 4.93. The monoisotopic (exact) mass is 266 g/mol. The molecule has 0 bridgehead atoms. The minimum absolute atomic E-state index is 0.660. The first kappa shape index (κ1) is 11.4. The molecule has 0 atom stereocenters. The molecular formula is C15H14N4O. The highest BCUT2D eigenvalue weighted by atomic mass is 16.5. The molecule has 1 aromatic carbocycles. The Morgan fingerprint density at radius 2 is 2.10 bits per heavy atom. The Hall–Kier alpha value is -2.40. The highest BCUT2D eigenvalue weighted by molar-refractivity contribution is 5.80. The number of nitrogens with one attached hydrogen (secondary N) is 2. The highest BCUT2D eigenvalue weighted by Crippen LogP contribution is 2.29. The summed E-state index contributed by atoms with van der Waals surface area (Å²) < 4.78 is 5.97. The normalized spacial score (nSPS) is 13.7. The summed E-state index contributed by atoms with van der Waals surface area (Å²) in [4.78, 5) is 12.0. The molecule has 0 amide bonds. The predicted molar refractivity (Wildman–Crippen MR) is 75.7 cm³/mol. The molecule has 0 radical (unpaired) electrons. The summed E-state index contributed by atoms with van der Waals surface area (Å²) in [5.74, 6) is 2.20. The first-order valence-electron chi connectivity index (χ1n) is 6.62. The van der Waals surface area contributed by atoms with Crippen molar-refractivity contribution in [3.05, 3.63) is 47.5 Å². The fourth-order valence-electron chi connectivity index (χ4n) is 2.55. The van der Waals surface area contributed by atoms with Gasteiger partial charge in [-0.2, -0.15) is 4.98 Å². The first-order chi connectivity index (χ1) is 9.79. The SMILES string of the molecule is Cc1nc2c(c(Oc3ccc4[nH]ccc4c3)n1)CNC2. The number of hydrogen-bond acceptors (Lipinski definition) is 4. The number of aromatic amines is 1. The number of aromatic nitrogens is 3. The standard InChI is InChI=1S/C15H14N4O/c1-9-18-14-8-16-7-12(14)15(19-9)20-11-2-3-13-10(6-11)4-5-17-13/h2-6,16-17H,7-8H2,1H3. The van der Waals surface area contributed by atoms with Crippen molar-refractivity contribution in [2.75, 3.05) is 0 Å². The Kier molecular flexibility index (Phi) is 2.47. The summed E-state index contributed by atoms with van der Waals surface area (Å²) in [6.07, 6.45) is 1.92. The van der Waals surface area contributed by atoms with E-state index >= 15 is 0 Å². The van der Waals surface area contributed by atoms with Crippen LogP contribution in [0.15, 0.2) is 30.5 Å². The van der Waals surface area contributed by atoms with Gasteiger partial charge in [-0.3, -0.25) is 0 Å². The largest absolute Gasteiger partial charge is 0.439 e. The Morgan fingerprint density at radius 1 is 1.15 bits per heavy atom. The van der Waals surface area contributed by atoms with Gasteiger partial charge in [0.1, 0.15) is 11.6 Å². The van der Waals surface area contributed by atoms with Gasteiger partial charge in [0, 0.05) is 30.2 Å². The molecule has 0 aliphatic carbocycles. The van der Waals surface area contributed by atoms with Crippen molar-refractivity contribution in [1.82, 2.24) is 20.3 Å². The summed E-state index contributed by atoms with van der Waals surface area (Å²) in [5.41, 5.74) is 3.20. The van der Waals surface area contributed by atoms with E-state index in [1.165, 1.54) is 0 Å². The minimum Gasteiger partial charge on any atom is -0.439 e. The third-order valence-electron chi connectivity index (χ3n) is 3.50. The molecule has 2 N–H and O–H groups in total. The van der Waals surface area contributed by atoms with Gasteiger partial charge in [-0.25, -0.2) is 4.98 Å². The van der Waals surface area contributed by atoms with Crippen LogP contribution in [0.1, 0.15) is 17.1 Å². The van der Waals surface area contributed by atoms with E-state index < -0.39 is 0 Å². The van der Waals surface area contributed by atoms with Gasteiger partial charge in [-0.15, -0.1) is 0 Å². The number of fused-ring (bicyclic) bond motifs is 2. The second kappa shape index (κ2) is 4.31. The van der Waals surface area contributed by atoms with Crippen LogP contribution in [0.3, 0.4) is 0 Å². The second-order valence-corrected chi connectivity index (χ2v) is 4.93. The number of nitrogens with zero attached hydrogens (tertiary/aromatic N) is 2. The van der Waals surface area contributed by atoms with Crippen molar-refractivity contribution in [2.45, 2.75) is 20.0 Å². The van der Waals surface area contributed by atoms with Crippen LogP contribution in [0.5, 0.6) is 11.6 Å². The van der Waals surface area contributed by atoms with E-state index in [4.69, 9.17) is 4.74 Å². The number of benzene rings is 1. The minimum atomic E-state index is 0.660. The molecule has 1 aliphatic rings. The van der Waals surface area contributed by atoms with Crippen LogP contribution in [0, 0.1) is 6.92 Å². The molecule has 2 aromatic heterocycles. The molecule has 0 fully saturated rings. The van der Waals surface area contributed by atoms with E-state index in [2.05, 4.69) is 20.3 Å². The number of hydrogen-bond donors (Lipinski definition) is 2. The Labute approximate surface area is 116 Å². The Balaban J connectivity index is 1.75. The van der Waals surface area contributed by atoms with Gasteiger partial charge in [0.15, 0.2) is 0 Å². The summed E-state index contributed by atoms with van der Waals surface area (Å²) in [6, 6.07) is 8.00. The van der Waals surface area contributed by atoms with Crippen molar-refractivity contribution in [3.63, 3.8) is 0 Å². The third kappa shape index (κ3) is 1.83. The van der Waals surface area contributed by atoms with Crippen LogP contribution in [-0.2, 0) is 13.1 Å². The maximum Gasteiger partial charge on any atom is 0.227 e. The zero-order valence-electron chi connectivity index (χ0n) is 11.1. The number of aryl methyl sites for hydroxylation is 1. The molecule has 0 unspecified atom stereocenters. The van der Waals surface area contributed by atoms with Gasteiger partial charge >= 0.3 is 0 Å². The van der Waals surface area contributed by atoms with Crippen molar-refractivity contribution >= 4 is 10.9 Å². The number of ether oxygens (including phenoxy) is 1. The van der Waals surface area contributed by atoms with Crippen molar-refractivity contribution in [1.29, 1.82) is 0 Å². The molecule has 0 saturated carbocycles. The van der Waals surface area contributed by atoms with Crippen molar-refractivity contribution in [3.8, 4) is 11.6 Å². The molecular weight excluding hydrogens is 252 g/mol. The van der Waals surface area contributed by atoms with Crippen molar-refractivity contribution in [2.24, 2.45) is 0 Å². The molecule has 5 nitrogen and oxygen atoms in total. The van der Waals surface area contributed by atoms with Crippen LogP contribution < -0.4 is 10.1 Å². The van der Waals surface area contributed by atoms with Crippen LogP contribution in [-0.4, -0.2) is 15.0 Å². The highest BCUT2D eigenvalue weighted by Gasteiger charge is 2.19. The Morgan fingerprint density at radius 3 is 3.05 bits per heavy atom. The molecule has 5 heteroatoms. The van der Waals surface area contributed by atoms with Gasteiger partial charge in [-0.1, -0.05) is 0 Å². The van der Waals surface area contributed by atoms with E-state index in [9.17, 15) is 0 Å². The molecule has 0 spiro atoms. The van der Waals surface area contributed by atoms with Crippen LogP contribution >= 0.6 is 0 Å². The van der Waals surface area contributed by atoms with E-state index in [-0.39, 0.29) is 0 Å². The Bertz CT molecular complexity index is 794. The van der Waals surface area contributed by atoms with Gasteiger partial charge in [0.25, 0.3) is 0 Å². The predicted octanol–water partition coefficient (Wildman–Crippen LogP) is 2.66. The van der Waals surface area contributed by atoms with Crippen LogP contribution in [0.2, 0.25) is 0 Å². The van der Waals surface area contributed by atoms with Gasteiger partial charge < -0.3 is 15.0 Å². The van der Waals surface area contributed by atoms with E-state index in [1.54, 1.807) is 0 Å². The lowest BCUT2D eigenvalue weighted by Gasteiger charge is -2.09. The molecule has 3 heterocycles. The summed E-state index contributed by atoms with van der Waals surface area (Å²) in [6.45, 7) is 3.43. The molecule has 100 valence electrons.